The molecule has 3 heteroatoms. The quantitative estimate of drug-likeness (QED) is 0.871. The van der Waals surface area contributed by atoms with Gasteiger partial charge in [0.1, 0.15) is 5.82 Å². The summed E-state index contributed by atoms with van der Waals surface area (Å²) in [5.41, 5.74) is 1.56. The molecular formula is C15H22N2O. The Labute approximate surface area is 109 Å². The van der Waals surface area contributed by atoms with Gasteiger partial charge in [0.15, 0.2) is 0 Å². The zero-order chi connectivity index (χ0) is 12.4. The number of rotatable bonds is 2. The molecule has 1 spiro atoms. The molecule has 1 aliphatic carbocycles. The number of aliphatic hydroxyl groups is 1. The Balaban J connectivity index is 1.64. The summed E-state index contributed by atoms with van der Waals surface area (Å²) in [6.07, 6.45) is 10.2. The van der Waals surface area contributed by atoms with Crippen LogP contribution in [0.5, 0.6) is 0 Å². The van der Waals surface area contributed by atoms with Crippen LogP contribution >= 0.6 is 0 Å². The number of hydrogen-bond acceptors (Lipinski definition) is 3. The second-order valence-electron chi connectivity index (χ2n) is 5.88. The number of anilines is 1. The Morgan fingerprint density at radius 3 is 2.39 bits per heavy atom. The average Bonchev–Trinajstić information content (AvgIpc) is 2.88. The predicted octanol–water partition coefficient (Wildman–Crippen LogP) is 2.73. The van der Waals surface area contributed by atoms with E-state index in [0.717, 1.165) is 24.5 Å². The Bertz CT molecular complexity index is 385. The molecule has 2 aliphatic rings. The van der Waals surface area contributed by atoms with Crippen LogP contribution in [-0.2, 0) is 6.61 Å². The smallest absolute Gasteiger partial charge is 0.128 e. The standard InChI is InChI=1S/C15H22N2O/c18-12-13-3-4-14(16-11-13)17-9-7-15(8-10-17)5-1-2-6-15/h3-4,11,18H,1-2,5-10,12H2. The highest BCUT2D eigenvalue weighted by Gasteiger charge is 2.37. The molecule has 3 rings (SSSR count). The van der Waals surface area contributed by atoms with E-state index >= 15 is 0 Å². The lowest BCUT2D eigenvalue weighted by molar-refractivity contribution is 0.226. The summed E-state index contributed by atoms with van der Waals surface area (Å²) < 4.78 is 0. The Morgan fingerprint density at radius 2 is 1.83 bits per heavy atom. The van der Waals surface area contributed by atoms with Gasteiger partial charge in [-0.1, -0.05) is 18.9 Å². The number of pyridine rings is 1. The van der Waals surface area contributed by atoms with Crippen molar-refractivity contribution in [1.29, 1.82) is 0 Å². The first-order valence-corrected chi connectivity index (χ1v) is 7.12. The molecule has 1 saturated carbocycles. The molecule has 1 aromatic heterocycles. The molecule has 0 aromatic carbocycles. The third-order valence-electron chi connectivity index (χ3n) is 4.80. The molecule has 0 unspecified atom stereocenters. The van der Waals surface area contributed by atoms with Crippen LogP contribution < -0.4 is 4.90 Å². The highest BCUT2D eigenvalue weighted by Crippen LogP contribution is 2.46. The molecular weight excluding hydrogens is 224 g/mol. The molecule has 1 saturated heterocycles. The summed E-state index contributed by atoms with van der Waals surface area (Å²) in [5.74, 6) is 1.07. The van der Waals surface area contributed by atoms with Crippen molar-refractivity contribution < 1.29 is 5.11 Å². The lowest BCUT2D eigenvalue weighted by Crippen LogP contribution is -2.39. The van der Waals surface area contributed by atoms with E-state index in [0.29, 0.717) is 5.41 Å². The first kappa shape index (κ1) is 12.0. The molecule has 0 atom stereocenters. The maximum absolute atomic E-state index is 9.02. The molecule has 98 valence electrons. The van der Waals surface area contributed by atoms with Crippen molar-refractivity contribution >= 4 is 5.82 Å². The summed E-state index contributed by atoms with van der Waals surface area (Å²) in [6, 6.07) is 4.01. The van der Waals surface area contributed by atoms with E-state index in [9.17, 15) is 0 Å². The minimum atomic E-state index is 0.0798. The maximum atomic E-state index is 9.02. The van der Waals surface area contributed by atoms with Crippen LogP contribution in [0.25, 0.3) is 0 Å². The highest BCUT2D eigenvalue weighted by molar-refractivity contribution is 5.39. The number of piperidine rings is 1. The summed E-state index contributed by atoms with van der Waals surface area (Å²) in [4.78, 5) is 6.85. The number of hydrogen-bond donors (Lipinski definition) is 1. The Kier molecular flexibility index (Phi) is 3.25. The third-order valence-corrected chi connectivity index (χ3v) is 4.80. The van der Waals surface area contributed by atoms with Gasteiger partial charge in [0.2, 0.25) is 0 Å². The zero-order valence-electron chi connectivity index (χ0n) is 10.9. The van der Waals surface area contributed by atoms with Gasteiger partial charge in [-0.05, 0) is 42.7 Å². The van der Waals surface area contributed by atoms with E-state index in [-0.39, 0.29) is 6.61 Å². The molecule has 1 aliphatic heterocycles. The molecule has 2 fully saturated rings. The van der Waals surface area contributed by atoms with E-state index in [2.05, 4.69) is 9.88 Å². The second kappa shape index (κ2) is 4.88. The minimum Gasteiger partial charge on any atom is -0.392 e. The van der Waals surface area contributed by atoms with Crippen LogP contribution in [0.2, 0.25) is 0 Å². The van der Waals surface area contributed by atoms with E-state index in [1.807, 2.05) is 12.1 Å². The maximum Gasteiger partial charge on any atom is 0.128 e. The summed E-state index contributed by atoms with van der Waals surface area (Å²) >= 11 is 0. The van der Waals surface area contributed by atoms with Gasteiger partial charge < -0.3 is 10.0 Å². The van der Waals surface area contributed by atoms with E-state index in [1.54, 1.807) is 6.20 Å². The average molecular weight is 246 g/mol. The number of nitrogens with zero attached hydrogens (tertiary/aromatic N) is 2. The van der Waals surface area contributed by atoms with Crippen molar-refractivity contribution in [3.63, 3.8) is 0 Å². The van der Waals surface area contributed by atoms with E-state index < -0.39 is 0 Å². The van der Waals surface area contributed by atoms with Gasteiger partial charge in [0.25, 0.3) is 0 Å². The lowest BCUT2D eigenvalue weighted by atomic mass is 9.77. The molecule has 1 aromatic rings. The van der Waals surface area contributed by atoms with Crippen LogP contribution in [0.3, 0.4) is 0 Å². The minimum absolute atomic E-state index is 0.0798. The summed E-state index contributed by atoms with van der Waals surface area (Å²) in [7, 11) is 0. The van der Waals surface area contributed by atoms with Crippen LogP contribution in [0, 0.1) is 5.41 Å². The summed E-state index contributed by atoms with van der Waals surface area (Å²) in [6.45, 7) is 2.37. The second-order valence-corrected chi connectivity index (χ2v) is 5.88. The SMILES string of the molecule is OCc1ccc(N2CCC3(CCCC3)CC2)nc1. The van der Waals surface area contributed by atoms with Crippen molar-refractivity contribution in [2.45, 2.75) is 45.1 Å². The lowest BCUT2D eigenvalue weighted by Gasteiger charge is -2.40. The molecule has 2 heterocycles. The van der Waals surface area contributed by atoms with Gasteiger partial charge in [-0.25, -0.2) is 4.98 Å². The van der Waals surface area contributed by atoms with Gasteiger partial charge in [0, 0.05) is 19.3 Å². The highest BCUT2D eigenvalue weighted by atomic mass is 16.3. The third kappa shape index (κ3) is 2.24. The van der Waals surface area contributed by atoms with Crippen molar-refractivity contribution in [3.8, 4) is 0 Å². The molecule has 0 radical (unpaired) electrons. The van der Waals surface area contributed by atoms with Gasteiger partial charge >= 0.3 is 0 Å². The molecule has 0 amide bonds. The Hall–Kier alpha value is -1.09. The molecule has 3 nitrogen and oxygen atoms in total. The van der Waals surface area contributed by atoms with Crippen LogP contribution in [-0.4, -0.2) is 23.2 Å². The summed E-state index contributed by atoms with van der Waals surface area (Å²) in [5, 5.41) is 9.02. The van der Waals surface area contributed by atoms with Crippen LogP contribution in [0.4, 0.5) is 5.82 Å². The number of aliphatic hydroxyl groups excluding tert-OH is 1. The van der Waals surface area contributed by atoms with Gasteiger partial charge in [-0.3, -0.25) is 0 Å². The monoisotopic (exact) mass is 246 g/mol. The fourth-order valence-electron chi connectivity index (χ4n) is 3.53. The van der Waals surface area contributed by atoms with Crippen LogP contribution in [0.1, 0.15) is 44.1 Å². The fourth-order valence-corrected chi connectivity index (χ4v) is 3.53. The Morgan fingerprint density at radius 1 is 1.11 bits per heavy atom. The normalized spacial score (nSPS) is 22.6. The van der Waals surface area contributed by atoms with Gasteiger partial charge in [0.05, 0.1) is 6.61 Å². The molecule has 0 bridgehead atoms. The van der Waals surface area contributed by atoms with Gasteiger partial charge in [-0.15, -0.1) is 0 Å². The van der Waals surface area contributed by atoms with E-state index in [4.69, 9.17) is 5.11 Å². The first-order valence-electron chi connectivity index (χ1n) is 7.12. The van der Waals surface area contributed by atoms with Crippen molar-refractivity contribution in [2.24, 2.45) is 5.41 Å². The number of aromatic nitrogens is 1. The van der Waals surface area contributed by atoms with E-state index in [1.165, 1.54) is 38.5 Å². The van der Waals surface area contributed by atoms with Crippen molar-refractivity contribution in [2.75, 3.05) is 18.0 Å². The van der Waals surface area contributed by atoms with Crippen molar-refractivity contribution in [3.05, 3.63) is 23.9 Å². The largest absolute Gasteiger partial charge is 0.392 e. The topological polar surface area (TPSA) is 36.4 Å². The molecule has 1 N–H and O–H groups in total. The zero-order valence-corrected chi connectivity index (χ0v) is 10.9. The van der Waals surface area contributed by atoms with Crippen LogP contribution in [0.15, 0.2) is 18.3 Å². The van der Waals surface area contributed by atoms with Crippen molar-refractivity contribution in [1.82, 2.24) is 4.98 Å². The fraction of sp³-hybridized carbons (Fsp3) is 0.667. The first-order chi connectivity index (χ1) is 8.81. The predicted molar refractivity (Wildman–Crippen MR) is 72.5 cm³/mol. The van der Waals surface area contributed by atoms with Gasteiger partial charge in [-0.2, -0.15) is 0 Å². The molecule has 18 heavy (non-hydrogen) atoms.